The molecule has 0 aromatic heterocycles. The number of carboxylic acids is 1. The molecule has 2 unspecified atom stereocenters. The number of amides is 1. The normalized spacial score (nSPS) is 23.0. The summed E-state index contributed by atoms with van der Waals surface area (Å²) < 4.78 is 5.09. The Balaban J connectivity index is 0. The van der Waals surface area contributed by atoms with E-state index in [-0.39, 0.29) is 18.9 Å². The molecule has 150 valence electrons. The number of carbonyl (C=O) groups excluding carboxylic acids is 1. The van der Waals surface area contributed by atoms with Gasteiger partial charge in [-0.3, -0.25) is 4.79 Å². The third-order valence-electron chi connectivity index (χ3n) is 4.20. The van der Waals surface area contributed by atoms with Crippen LogP contribution in [0.1, 0.15) is 51.9 Å². The molecule has 0 aliphatic carbocycles. The van der Waals surface area contributed by atoms with Crippen molar-refractivity contribution in [1.29, 1.82) is 0 Å². The molecule has 1 amide bonds. The lowest BCUT2D eigenvalue weighted by atomic mass is 9.88. The lowest BCUT2D eigenvalue weighted by molar-refractivity contribution is -0.138. The predicted octanol–water partition coefficient (Wildman–Crippen LogP) is 4.41. The van der Waals surface area contributed by atoms with Gasteiger partial charge in [0, 0.05) is 13.0 Å². The molecular weight excluding hydrogens is 342 g/mol. The van der Waals surface area contributed by atoms with Gasteiger partial charge in [0.2, 0.25) is 0 Å². The second kappa shape index (κ2) is 18.1. The average Bonchev–Trinajstić information content (AvgIpc) is 2.67. The number of nitrogens with one attached hydrogen (secondary N) is 1. The number of rotatable bonds is 2. The number of carboxylic acid groups (broad SMARTS) is 1. The average molecular weight is 376 g/mol. The summed E-state index contributed by atoms with van der Waals surface area (Å²) in [4.78, 5) is 22.5. The SMILES string of the molecule is C#C.C#C.C=C1CCC(CC(=O)O)CCC(C)CC/C=C\CNC(=O)OC1. The highest BCUT2D eigenvalue weighted by Gasteiger charge is 2.15. The number of carbonyl (C=O) groups is 2. The summed E-state index contributed by atoms with van der Waals surface area (Å²) >= 11 is 0. The topological polar surface area (TPSA) is 75.6 Å². The predicted molar refractivity (Wildman–Crippen MR) is 110 cm³/mol. The Labute approximate surface area is 164 Å². The maximum absolute atomic E-state index is 11.5. The minimum absolute atomic E-state index is 0.156. The maximum atomic E-state index is 11.5. The minimum atomic E-state index is -0.749. The van der Waals surface area contributed by atoms with Gasteiger partial charge in [-0.2, -0.15) is 0 Å². The van der Waals surface area contributed by atoms with Gasteiger partial charge in [0.25, 0.3) is 0 Å². The van der Waals surface area contributed by atoms with Gasteiger partial charge >= 0.3 is 12.1 Å². The summed E-state index contributed by atoms with van der Waals surface area (Å²) in [5.41, 5.74) is 0.825. The van der Waals surface area contributed by atoms with Crippen molar-refractivity contribution in [3.8, 4) is 25.7 Å². The van der Waals surface area contributed by atoms with E-state index in [1.54, 1.807) is 0 Å². The molecule has 0 radical (unpaired) electrons. The van der Waals surface area contributed by atoms with Crippen LogP contribution in [0, 0.1) is 37.5 Å². The molecule has 0 fully saturated rings. The lowest BCUT2D eigenvalue weighted by Gasteiger charge is -2.18. The molecule has 5 nitrogen and oxygen atoms in total. The zero-order valence-electron chi connectivity index (χ0n) is 16.4. The van der Waals surface area contributed by atoms with Crippen LogP contribution >= 0.6 is 0 Å². The first-order valence-electron chi connectivity index (χ1n) is 9.08. The molecule has 0 aromatic rings. The fourth-order valence-corrected chi connectivity index (χ4v) is 2.68. The smallest absolute Gasteiger partial charge is 0.407 e. The maximum Gasteiger partial charge on any atom is 0.407 e. The molecule has 0 saturated carbocycles. The van der Waals surface area contributed by atoms with E-state index >= 15 is 0 Å². The Morgan fingerprint density at radius 2 is 1.89 bits per heavy atom. The number of cyclic esters (lactones) is 1. The first-order valence-corrected chi connectivity index (χ1v) is 9.08. The van der Waals surface area contributed by atoms with Gasteiger partial charge in [-0.1, -0.05) is 32.1 Å². The summed E-state index contributed by atoms with van der Waals surface area (Å²) in [5, 5.41) is 11.7. The van der Waals surface area contributed by atoms with E-state index < -0.39 is 12.1 Å². The fraction of sp³-hybridized carbons (Fsp3) is 0.545. The number of hydrogen-bond donors (Lipinski definition) is 2. The molecule has 1 aliphatic rings. The molecule has 0 bridgehead atoms. The first-order chi connectivity index (χ1) is 13.0. The minimum Gasteiger partial charge on any atom is -0.481 e. The van der Waals surface area contributed by atoms with Gasteiger partial charge in [0.1, 0.15) is 6.61 Å². The molecule has 1 heterocycles. The van der Waals surface area contributed by atoms with E-state index in [0.717, 1.165) is 37.7 Å². The highest BCUT2D eigenvalue weighted by Crippen LogP contribution is 2.24. The summed E-state index contributed by atoms with van der Waals surface area (Å²) in [6.45, 7) is 6.78. The zero-order chi connectivity index (χ0) is 21.1. The molecule has 0 spiro atoms. The van der Waals surface area contributed by atoms with Gasteiger partial charge < -0.3 is 15.2 Å². The quantitative estimate of drug-likeness (QED) is 0.554. The lowest BCUT2D eigenvalue weighted by Crippen LogP contribution is -2.25. The molecule has 2 N–H and O–H groups in total. The van der Waals surface area contributed by atoms with Crippen molar-refractivity contribution >= 4 is 12.1 Å². The van der Waals surface area contributed by atoms with Crippen LogP contribution in [0.4, 0.5) is 4.79 Å². The van der Waals surface area contributed by atoms with Crippen LogP contribution in [0.3, 0.4) is 0 Å². The van der Waals surface area contributed by atoms with Crippen LogP contribution in [0.5, 0.6) is 0 Å². The number of allylic oxidation sites excluding steroid dienone is 1. The van der Waals surface area contributed by atoms with Crippen molar-refractivity contribution in [2.45, 2.75) is 51.9 Å². The molecule has 0 saturated heterocycles. The highest BCUT2D eigenvalue weighted by atomic mass is 16.5. The molecule has 1 rings (SSSR count). The first kappa shape index (κ1) is 26.6. The molecule has 1 aliphatic heterocycles. The Kier molecular flexibility index (Phi) is 17.9. The second-order valence-electron chi connectivity index (χ2n) is 6.44. The van der Waals surface area contributed by atoms with Gasteiger partial charge in [-0.05, 0) is 49.5 Å². The molecule has 0 aromatic carbocycles. The van der Waals surface area contributed by atoms with Crippen molar-refractivity contribution in [3.05, 3.63) is 24.3 Å². The van der Waals surface area contributed by atoms with E-state index in [0.29, 0.717) is 18.9 Å². The van der Waals surface area contributed by atoms with Gasteiger partial charge in [-0.25, -0.2) is 4.79 Å². The van der Waals surface area contributed by atoms with Crippen LogP contribution in [0.2, 0.25) is 0 Å². The summed E-state index contributed by atoms with van der Waals surface area (Å²) in [7, 11) is 0. The Hall–Kier alpha value is -2.66. The third-order valence-corrected chi connectivity index (χ3v) is 4.20. The second-order valence-corrected chi connectivity index (χ2v) is 6.44. The number of terminal acetylenes is 2. The van der Waals surface area contributed by atoms with Crippen molar-refractivity contribution in [2.75, 3.05) is 13.2 Å². The van der Waals surface area contributed by atoms with Crippen molar-refractivity contribution in [2.24, 2.45) is 11.8 Å². The van der Waals surface area contributed by atoms with E-state index in [9.17, 15) is 9.59 Å². The number of aliphatic carboxylic acids is 1. The molecule has 5 heteroatoms. The number of alkyl carbamates (subject to hydrolysis) is 1. The Morgan fingerprint density at radius 3 is 2.52 bits per heavy atom. The van der Waals surface area contributed by atoms with Crippen LogP contribution in [-0.4, -0.2) is 30.3 Å². The Bertz CT molecular complexity index is 499. The molecule has 2 atom stereocenters. The highest BCUT2D eigenvalue weighted by molar-refractivity contribution is 5.67. The number of ether oxygens (including phenoxy) is 1. The molecule has 27 heavy (non-hydrogen) atoms. The summed E-state index contributed by atoms with van der Waals surface area (Å²) in [5.74, 6) is -0.0184. The standard InChI is InChI=1S/C18H29NO4.2C2H2/c1-14-6-4-3-5-11-19-18(22)23-13-15(2)8-10-16(9-7-14)12-17(20)21;2*1-2/h3,5,14,16H,2,4,6-13H2,1H3,(H,19,22)(H,20,21);2*1-2H/b5-3-;;. The zero-order valence-corrected chi connectivity index (χ0v) is 16.4. The monoisotopic (exact) mass is 375 g/mol. The van der Waals surface area contributed by atoms with Crippen LogP contribution < -0.4 is 5.32 Å². The summed E-state index contributed by atoms with van der Waals surface area (Å²) in [6, 6.07) is 0. The van der Waals surface area contributed by atoms with E-state index in [2.05, 4.69) is 50.6 Å². The van der Waals surface area contributed by atoms with Crippen LogP contribution in [-0.2, 0) is 9.53 Å². The van der Waals surface area contributed by atoms with Crippen LogP contribution in [0.15, 0.2) is 24.3 Å². The van der Waals surface area contributed by atoms with Crippen molar-refractivity contribution < 1.29 is 19.4 Å². The number of hydrogen-bond acceptors (Lipinski definition) is 3. The summed E-state index contributed by atoms with van der Waals surface area (Å²) in [6.07, 6.45) is 25.2. The van der Waals surface area contributed by atoms with Crippen molar-refractivity contribution in [3.63, 3.8) is 0 Å². The van der Waals surface area contributed by atoms with E-state index in [4.69, 9.17) is 9.84 Å². The largest absolute Gasteiger partial charge is 0.481 e. The molecular formula is C22H33NO4. The van der Waals surface area contributed by atoms with Crippen LogP contribution in [0.25, 0.3) is 0 Å². The van der Waals surface area contributed by atoms with E-state index in [1.165, 1.54) is 0 Å². The fourth-order valence-electron chi connectivity index (χ4n) is 2.68. The Morgan fingerprint density at radius 1 is 1.22 bits per heavy atom. The van der Waals surface area contributed by atoms with Gasteiger partial charge in [0.05, 0.1) is 0 Å². The van der Waals surface area contributed by atoms with Crippen molar-refractivity contribution in [1.82, 2.24) is 5.32 Å². The van der Waals surface area contributed by atoms with E-state index in [1.807, 2.05) is 6.08 Å². The third kappa shape index (κ3) is 16.6. The van der Waals surface area contributed by atoms with Gasteiger partial charge in [-0.15, -0.1) is 25.7 Å². The van der Waals surface area contributed by atoms with Gasteiger partial charge in [0.15, 0.2) is 0 Å².